The molecule has 0 bridgehead atoms. The topological polar surface area (TPSA) is 305 Å². The fourth-order valence-electron chi connectivity index (χ4n) is 5.44. The van der Waals surface area contributed by atoms with Crippen molar-refractivity contribution < 1.29 is 49.5 Å². The summed E-state index contributed by atoms with van der Waals surface area (Å²) in [7, 11) is 0. The summed E-state index contributed by atoms with van der Waals surface area (Å²) in [6.07, 6.45) is 2.90. The zero-order chi connectivity index (χ0) is 39.1. The molecule has 53 heavy (non-hydrogen) atoms. The number of amides is 4. The van der Waals surface area contributed by atoms with Crippen LogP contribution >= 0.6 is 12.4 Å². The summed E-state index contributed by atoms with van der Waals surface area (Å²) in [5, 5.41) is 31.7. The maximum Gasteiger partial charge on any atom is 0.326 e. The fraction of sp³-hybridized carbons (Fsp3) is 0.606. The van der Waals surface area contributed by atoms with Crippen LogP contribution < -0.4 is 32.3 Å². The number of quaternary nitrogens is 1. The first-order valence-corrected chi connectivity index (χ1v) is 17.2. The van der Waals surface area contributed by atoms with Crippen LogP contribution in [0.15, 0.2) is 12.7 Å². The molecule has 4 atom stereocenters. The van der Waals surface area contributed by atoms with Gasteiger partial charge in [0.15, 0.2) is 17.2 Å². The Morgan fingerprint density at radius 3 is 1.57 bits per heavy atom. The van der Waals surface area contributed by atoms with Gasteiger partial charge in [0.2, 0.25) is 0 Å². The number of imidazole rings is 2. The van der Waals surface area contributed by atoms with E-state index in [1.54, 1.807) is 0 Å². The number of carboxylic acid groups (broad SMARTS) is 2. The van der Waals surface area contributed by atoms with Gasteiger partial charge in [-0.3, -0.25) is 28.8 Å². The molecule has 0 radical (unpaired) electrons. The van der Waals surface area contributed by atoms with Gasteiger partial charge in [-0.25, -0.2) is 14.8 Å². The predicted molar refractivity (Wildman–Crippen MR) is 193 cm³/mol. The van der Waals surface area contributed by atoms with Crippen LogP contribution in [0, 0.1) is 17.8 Å². The second-order valence-corrected chi connectivity index (χ2v) is 13.9. The Kier molecular flexibility index (Phi) is 19.4. The molecule has 19 nitrogen and oxygen atoms in total. The molecule has 296 valence electrons. The zero-order valence-corrected chi connectivity index (χ0v) is 31.7. The molecule has 2 aromatic heterocycles. The third-order valence-electron chi connectivity index (χ3n) is 7.77. The summed E-state index contributed by atoms with van der Waals surface area (Å²) in [6.45, 7) is 12.1. The van der Waals surface area contributed by atoms with Crippen molar-refractivity contribution in [1.29, 1.82) is 0 Å². The zero-order valence-electron chi connectivity index (χ0n) is 30.9. The van der Waals surface area contributed by atoms with Crippen LogP contribution in [0.25, 0.3) is 0 Å². The van der Waals surface area contributed by atoms with Gasteiger partial charge in [0.05, 0.1) is 44.2 Å². The number of nitrogens with one attached hydrogen (secondary N) is 7. The molecule has 0 saturated carbocycles. The second kappa shape index (κ2) is 22.2. The van der Waals surface area contributed by atoms with Crippen LogP contribution in [0.5, 0.6) is 0 Å². The SMILES string of the molecule is CC(C)C[C@@H](CNCC(=O)[C@H](CC(C)C)NC(=O)c1[nH]cnc1C(=O)N[C@H](C[NH3+])CC(C)C)NC(=O)c1nc[nH]c1C(=O)N[C@@H](CC(=O)O)C(=O)O.Cl. The lowest BCUT2D eigenvalue weighted by atomic mass is 9.99. The molecule has 0 spiro atoms. The Labute approximate surface area is 313 Å². The molecule has 4 amide bonds. The Morgan fingerprint density at radius 2 is 1.13 bits per heavy atom. The van der Waals surface area contributed by atoms with Crippen molar-refractivity contribution in [2.75, 3.05) is 19.6 Å². The minimum absolute atomic E-state index is 0. The Bertz CT molecular complexity index is 1560. The highest BCUT2D eigenvalue weighted by molar-refractivity contribution is 6.07. The van der Waals surface area contributed by atoms with Crippen LogP contribution in [0.3, 0.4) is 0 Å². The minimum atomic E-state index is -1.74. The van der Waals surface area contributed by atoms with Crippen LogP contribution in [0.1, 0.15) is 109 Å². The standard InChI is InChI=1S/C33H52N10O9.ClH/c1-16(2)7-19(11-34)40-29(47)25-27(38-14-36-25)31(49)42-21(9-18(5)6)23(44)13-35-12-20(8-17(3)4)41-30(48)26-28(39-15-37-26)32(50)43-22(33(51)52)10-24(45)46;/h14-22,35H,7-13,34H2,1-6H3,(H,36,38)(H,37,39)(H,40,47)(H,41,48)(H,42,49)(H,43,50)(H,45,46)(H,51,52);1H/p+1/t19-,20-,21-,22-;/m0./s1. The van der Waals surface area contributed by atoms with E-state index in [0.29, 0.717) is 31.7 Å². The molecule has 12 N–H and O–H groups in total. The van der Waals surface area contributed by atoms with Gasteiger partial charge in [-0.1, -0.05) is 41.5 Å². The third-order valence-corrected chi connectivity index (χ3v) is 7.77. The number of carbonyl (C=O) groups excluding carboxylic acids is 5. The molecule has 0 aliphatic heterocycles. The Morgan fingerprint density at radius 1 is 0.679 bits per heavy atom. The quantitative estimate of drug-likeness (QED) is 0.0700. The number of rotatable bonds is 23. The average molecular weight is 770 g/mol. The summed E-state index contributed by atoms with van der Waals surface area (Å²) in [4.78, 5) is 101. The molecule has 0 aromatic carbocycles. The number of aliphatic carboxylic acids is 2. The van der Waals surface area contributed by atoms with E-state index in [9.17, 15) is 38.7 Å². The maximum absolute atomic E-state index is 13.4. The van der Waals surface area contributed by atoms with Gasteiger partial charge in [-0.15, -0.1) is 12.4 Å². The number of ketones is 1. The number of carbonyl (C=O) groups is 7. The Balaban J connectivity index is 0.0000140. The lowest BCUT2D eigenvalue weighted by Gasteiger charge is -2.23. The molecule has 2 heterocycles. The number of halogens is 1. The van der Waals surface area contributed by atoms with E-state index in [-0.39, 0.29) is 71.9 Å². The van der Waals surface area contributed by atoms with Gasteiger partial charge < -0.3 is 52.5 Å². The molecule has 20 heteroatoms. The molecule has 2 rings (SSSR count). The molecular weight excluding hydrogens is 716 g/mol. The summed E-state index contributed by atoms with van der Waals surface area (Å²) >= 11 is 0. The lowest BCUT2D eigenvalue weighted by Crippen LogP contribution is -2.60. The number of hydrogen-bond acceptors (Lipinski definition) is 10. The minimum Gasteiger partial charge on any atom is -0.481 e. The number of nitrogens with zero attached hydrogens (tertiary/aromatic N) is 2. The number of Topliss-reactive ketones (excluding diaryl/α,β-unsaturated/α-hetero) is 1. The van der Waals surface area contributed by atoms with Gasteiger partial charge in [0, 0.05) is 12.6 Å². The second-order valence-electron chi connectivity index (χ2n) is 13.9. The highest BCUT2D eigenvalue weighted by Gasteiger charge is 2.30. The molecular formula is C33H54ClN10O9+. The van der Waals surface area contributed by atoms with E-state index in [1.807, 2.05) is 41.5 Å². The van der Waals surface area contributed by atoms with Crippen molar-refractivity contribution in [2.24, 2.45) is 17.8 Å². The average Bonchev–Trinajstić information content (AvgIpc) is 3.73. The van der Waals surface area contributed by atoms with Crippen molar-refractivity contribution >= 4 is 53.8 Å². The Hall–Kier alpha value is -4.88. The maximum atomic E-state index is 13.4. The summed E-state index contributed by atoms with van der Waals surface area (Å²) in [5.74, 6) is -5.90. The largest absolute Gasteiger partial charge is 0.481 e. The number of hydrogen-bond donors (Lipinski definition) is 10. The molecule has 0 unspecified atom stereocenters. The monoisotopic (exact) mass is 769 g/mol. The summed E-state index contributed by atoms with van der Waals surface area (Å²) in [6, 6.07) is -3.40. The van der Waals surface area contributed by atoms with Gasteiger partial charge in [-0.2, -0.15) is 0 Å². The fourth-order valence-corrected chi connectivity index (χ4v) is 5.44. The molecule has 2 aromatic rings. The van der Waals surface area contributed by atoms with E-state index >= 15 is 0 Å². The van der Waals surface area contributed by atoms with E-state index in [2.05, 4.69) is 52.3 Å². The van der Waals surface area contributed by atoms with Gasteiger partial charge in [-0.05, 0) is 37.0 Å². The highest BCUT2D eigenvalue weighted by Crippen LogP contribution is 2.12. The van der Waals surface area contributed by atoms with E-state index < -0.39 is 60.1 Å². The van der Waals surface area contributed by atoms with Gasteiger partial charge in [0.1, 0.15) is 17.4 Å². The summed E-state index contributed by atoms with van der Waals surface area (Å²) in [5.41, 5.74) is 3.02. The molecule has 0 saturated heterocycles. The molecule has 0 aliphatic rings. The third kappa shape index (κ3) is 15.3. The van der Waals surface area contributed by atoms with Crippen molar-refractivity contribution in [1.82, 2.24) is 46.5 Å². The van der Waals surface area contributed by atoms with Crippen LogP contribution in [0.2, 0.25) is 0 Å². The first kappa shape index (κ1) is 46.1. The smallest absolute Gasteiger partial charge is 0.326 e. The van der Waals surface area contributed by atoms with Crippen LogP contribution in [-0.4, -0.2) is 115 Å². The first-order valence-electron chi connectivity index (χ1n) is 17.2. The number of aromatic nitrogens is 4. The van der Waals surface area contributed by atoms with Crippen molar-refractivity contribution in [3.63, 3.8) is 0 Å². The highest BCUT2D eigenvalue weighted by atomic mass is 35.5. The van der Waals surface area contributed by atoms with E-state index in [0.717, 1.165) is 6.33 Å². The number of carboxylic acids is 2. The van der Waals surface area contributed by atoms with Crippen molar-refractivity contribution in [3.8, 4) is 0 Å². The van der Waals surface area contributed by atoms with E-state index in [1.165, 1.54) is 6.33 Å². The lowest BCUT2D eigenvalue weighted by molar-refractivity contribution is -0.373. The van der Waals surface area contributed by atoms with Gasteiger partial charge in [0.25, 0.3) is 23.6 Å². The first-order chi connectivity index (χ1) is 24.4. The summed E-state index contributed by atoms with van der Waals surface area (Å²) < 4.78 is 0. The molecule has 0 fully saturated rings. The number of aromatic amines is 2. The van der Waals surface area contributed by atoms with Crippen molar-refractivity contribution in [2.45, 2.75) is 91.4 Å². The number of H-pyrrole nitrogens is 2. The van der Waals surface area contributed by atoms with Crippen molar-refractivity contribution in [3.05, 3.63) is 35.4 Å². The molecule has 0 aliphatic carbocycles. The van der Waals surface area contributed by atoms with E-state index in [4.69, 9.17) is 5.11 Å². The normalized spacial score (nSPS) is 13.4. The van der Waals surface area contributed by atoms with Crippen LogP contribution in [-0.2, 0) is 14.4 Å². The van der Waals surface area contributed by atoms with Crippen LogP contribution in [0.4, 0.5) is 0 Å². The predicted octanol–water partition coefficient (Wildman–Crippen LogP) is -0.253. The van der Waals surface area contributed by atoms with Gasteiger partial charge >= 0.3 is 11.9 Å².